The third-order valence-corrected chi connectivity index (χ3v) is 8.85. The van der Waals surface area contributed by atoms with Gasteiger partial charge in [0.05, 0.1) is 36.2 Å². The fourth-order valence-electron chi connectivity index (χ4n) is 6.88. The Kier molecular flexibility index (Phi) is 7.17. The molecule has 3 fully saturated rings. The van der Waals surface area contributed by atoms with Crippen LogP contribution in [0.15, 0.2) is 30.5 Å². The summed E-state index contributed by atoms with van der Waals surface area (Å²) >= 11 is 0. The number of benzene rings is 2. The molecule has 1 N–H and O–H groups in total. The second-order valence-corrected chi connectivity index (χ2v) is 11.7. The normalized spacial score (nSPS) is 24.0. The zero-order chi connectivity index (χ0) is 30.6. The van der Waals surface area contributed by atoms with Gasteiger partial charge in [-0.3, -0.25) is 9.88 Å². The standard InChI is InChI=1S/C32H29F4N5O3/c1-2-22-25(35)5-4-18-10-21(42)11-23(26(18)22)28-27(36)29-24(13-37-28)30(40-8-9-43-16-20(34)14-40)39-31(38-29)44-17-32-6-3-7-41(32)15-19(33)12-32/h1,4-5,10-11,13,19-20,42H,3,6-9,12,14-17H2/t19-,20-,32+/m1/s1. The van der Waals surface area contributed by atoms with E-state index >= 15 is 4.39 Å². The molecule has 8 nitrogen and oxygen atoms in total. The SMILES string of the molecule is C#Cc1c(F)ccc2cc(O)cc(-c3ncc4c(N5CCOC[C@H](F)C5)nc(OC[C@@]56CCCN5C[C@H](F)C6)nc4c3F)c12. The first-order valence-corrected chi connectivity index (χ1v) is 14.5. The maximum absolute atomic E-state index is 16.6. The van der Waals surface area contributed by atoms with Crippen molar-refractivity contribution in [2.24, 2.45) is 0 Å². The molecule has 0 aliphatic carbocycles. The highest BCUT2D eigenvalue weighted by molar-refractivity contribution is 6.03. The van der Waals surface area contributed by atoms with E-state index in [9.17, 15) is 18.3 Å². The van der Waals surface area contributed by atoms with Crippen LogP contribution in [0.3, 0.4) is 0 Å². The molecule has 3 aliphatic rings. The zero-order valence-electron chi connectivity index (χ0n) is 23.7. The van der Waals surface area contributed by atoms with Crippen LogP contribution < -0.4 is 9.64 Å². The van der Waals surface area contributed by atoms with E-state index in [0.717, 1.165) is 19.4 Å². The van der Waals surface area contributed by atoms with Crippen LogP contribution in [0.1, 0.15) is 24.8 Å². The molecule has 4 aromatic rings. The van der Waals surface area contributed by atoms with Crippen molar-refractivity contribution in [3.8, 4) is 35.4 Å². The Balaban J connectivity index is 1.38. The summed E-state index contributed by atoms with van der Waals surface area (Å²) in [6, 6.07) is 5.13. The maximum atomic E-state index is 16.6. The lowest BCUT2D eigenvalue weighted by Gasteiger charge is -2.31. The van der Waals surface area contributed by atoms with Gasteiger partial charge >= 0.3 is 6.01 Å². The molecule has 0 saturated carbocycles. The number of anilines is 1. The number of phenols is 1. The number of fused-ring (bicyclic) bond motifs is 3. The summed E-state index contributed by atoms with van der Waals surface area (Å²) in [7, 11) is 0. The Morgan fingerprint density at radius 1 is 1.14 bits per heavy atom. The van der Waals surface area contributed by atoms with Crippen LogP contribution in [-0.4, -0.2) is 88.8 Å². The number of halogens is 4. The van der Waals surface area contributed by atoms with Crippen molar-refractivity contribution in [2.75, 3.05) is 50.9 Å². The maximum Gasteiger partial charge on any atom is 0.319 e. The topological polar surface area (TPSA) is 83.8 Å². The minimum absolute atomic E-state index is 0.0574. The molecule has 3 saturated heterocycles. The minimum atomic E-state index is -1.31. The number of hydrogen-bond donors (Lipinski definition) is 1. The lowest BCUT2D eigenvalue weighted by Crippen LogP contribution is -2.43. The van der Waals surface area contributed by atoms with Crippen LogP contribution in [0.5, 0.6) is 11.8 Å². The van der Waals surface area contributed by atoms with Gasteiger partial charge in [-0.05, 0) is 43.0 Å². The van der Waals surface area contributed by atoms with Crippen molar-refractivity contribution >= 4 is 27.5 Å². The van der Waals surface area contributed by atoms with Gasteiger partial charge in [0.15, 0.2) is 5.82 Å². The number of hydrogen-bond acceptors (Lipinski definition) is 8. The molecule has 5 heterocycles. The van der Waals surface area contributed by atoms with E-state index in [-0.39, 0.29) is 83.6 Å². The van der Waals surface area contributed by atoms with Crippen molar-refractivity contribution in [3.63, 3.8) is 0 Å². The van der Waals surface area contributed by atoms with Crippen molar-refractivity contribution < 1.29 is 32.1 Å². The van der Waals surface area contributed by atoms with Crippen molar-refractivity contribution in [1.82, 2.24) is 19.9 Å². The number of alkyl halides is 2. The molecule has 0 radical (unpaired) electrons. The molecule has 3 aliphatic heterocycles. The van der Waals surface area contributed by atoms with Gasteiger partial charge in [-0.2, -0.15) is 9.97 Å². The van der Waals surface area contributed by atoms with Crippen LogP contribution in [0.25, 0.3) is 32.9 Å². The van der Waals surface area contributed by atoms with Crippen molar-refractivity contribution in [1.29, 1.82) is 0 Å². The number of rotatable bonds is 5. The highest BCUT2D eigenvalue weighted by Gasteiger charge is 2.49. The monoisotopic (exact) mass is 607 g/mol. The Morgan fingerprint density at radius 2 is 2.00 bits per heavy atom. The average molecular weight is 608 g/mol. The van der Waals surface area contributed by atoms with E-state index < -0.39 is 29.5 Å². The van der Waals surface area contributed by atoms with Gasteiger partial charge in [-0.1, -0.05) is 12.0 Å². The summed E-state index contributed by atoms with van der Waals surface area (Å²) in [6.45, 7) is 1.57. The molecule has 2 aromatic carbocycles. The van der Waals surface area contributed by atoms with Crippen LogP contribution in [0, 0.1) is 24.0 Å². The molecule has 7 rings (SSSR count). The number of ether oxygens (including phenoxy) is 2. The first-order chi connectivity index (χ1) is 21.3. The fourth-order valence-corrected chi connectivity index (χ4v) is 6.88. The molecule has 0 bridgehead atoms. The van der Waals surface area contributed by atoms with Gasteiger partial charge in [0.2, 0.25) is 0 Å². The second kappa shape index (κ2) is 11.1. The van der Waals surface area contributed by atoms with Crippen LogP contribution in [-0.2, 0) is 4.74 Å². The molecular weight excluding hydrogens is 578 g/mol. The molecular formula is C32H29F4N5O3. The Morgan fingerprint density at radius 3 is 2.84 bits per heavy atom. The summed E-state index contributed by atoms with van der Waals surface area (Å²) in [5.74, 6) is 0.771. The molecule has 228 valence electrons. The van der Waals surface area contributed by atoms with Crippen LogP contribution >= 0.6 is 0 Å². The number of terminal acetylenes is 1. The molecule has 0 spiro atoms. The van der Waals surface area contributed by atoms with Crippen molar-refractivity contribution in [2.45, 2.75) is 37.1 Å². The quantitative estimate of drug-likeness (QED) is 0.253. The third kappa shape index (κ3) is 4.84. The molecule has 3 atom stereocenters. The van der Waals surface area contributed by atoms with Gasteiger partial charge in [0.1, 0.15) is 47.5 Å². The number of nitrogens with zero attached hydrogens (tertiary/aromatic N) is 5. The predicted octanol–water partition coefficient (Wildman–Crippen LogP) is 4.94. The number of phenolic OH excluding ortho intramolecular Hbond substituents is 1. The summed E-state index contributed by atoms with van der Waals surface area (Å²) < 4.78 is 71.9. The van der Waals surface area contributed by atoms with E-state index in [2.05, 4.69) is 25.8 Å². The number of pyridine rings is 1. The van der Waals surface area contributed by atoms with Crippen LogP contribution in [0.4, 0.5) is 23.4 Å². The summed E-state index contributed by atoms with van der Waals surface area (Å²) in [6.07, 6.45) is 6.69. The molecule has 2 aromatic heterocycles. The number of aromatic nitrogens is 3. The highest BCUT2D eigenvalue weighted by Crippen LogP contribution is 2.41. The molecule has 44 heavy (non-hydrogen) atoms. The highest BCUT2D eigenvalue weighted by atomic mass is 19.1. The molecule has 0 amide bonds. The predicted molar refractivity (Wildman–Crippen MR) is 156 cm³/mol. The van der Waals surface area contributed by atoms with Gasteiger partial charge in [-0.15, -0.1) is 6.42 Å². The van der Waals surface area contributed by atoms with E-state index in [1.807, 2.05) is 0 Å². The average Bonchev–Trinajstić information content (AvgIpc) is 3.43. The van der Waals surface area contributed by atoms with Crippen molar-refractivity contribution in [3.05, 3.63) is 47.7 Å². The van der Waals surface area contributed by atoms with E-state index in [1.165, 1.54) is 30.5 Å². The number of aromatic hydroxyl groups is 1. The molecule has 12 heteroatoms. The van der Waals surface area contributed by atoms with E-state index in [1.54, 1.807) is 4.90 Å². The summed E-state index contributed by atoms with van der Waals surface area (Å²) in [4.78, 5) is 17.1. The lowest BCUT2D eigenvalue weighted by molar-refractivity contribution is 0.105. The first-order valence-electron chi connectivity index (χ1n) is 14.5. The third-order valence-electron chi connectivity index (χ3n) is 8.85. The first kappa shape index (κ1) is 28.6. The summed E-state index contributed by atoms with van der Waals surface area (Å²) in [5, 5.41) is 11.3. The van der Waals surface area contributed by atoms with Gasteiger partial charge in [0, 0.05) is 36.7 Å². The second-order valence-electron chi connectivity index (χ2n) is 11.7. The van der Waals surface area contributed by atoms with E-state index in [4.69, 9.17) is 15.9 Å². The Labute approximate surface area is 250 Å². The largest absolute Gasteiger partial charge is 0.508 e. The van der Waals surface area contributed by atoms with Gasteiger partial charge in [0.25, 0.3) is 0 Å². The Bertz CT molecular complexity index is 1820. The summed E-state index contributed by atoms with van der Waals surface area (Å²) in [5.41, 5.74) is -0.928. The van der Waals surface area contributed by atoms with Gasteiger partial charge in [-0.25, -0.2) is 17.6 Å². The van der Waals surface area contributed by atoms with E-state index in [0.29, 0.717) is 18.4 Å². The fraction of sp³-hybridized carbons (Fsp3) is 0.406. The smallest absolute Gasteiger partial charge is 0.319 e. The van der Waals surface area contributed by atoms with Gasteiger partial charge < -0.3 is 19.5 Å². The minimum Gasteiger partial charge on any atom is -0.508 e. The Hall–Kier alpha value is -4.21. The zero-order valence-corrected chi connectivity index (χ0v) is 23.7. The van der Waals surface area contributed by atoms with Crippen LogP contribution in [0.2, 0.25) is 0 Å². The molecule has 0 unspecified atom stereocenters. The lowest BCUT2D eigenvalue weighted by atomic mass is 9.95.